The third-order valence-corrected chi connectivity index (χ3v) is 6.60. The normalized spacial score (nSPS) is 11.7. The van der Waals surface area contributed by atoms with E-state index in [2.05, 4.69) is 20.8 Å². The molecule has 1 atom stereocenters. The summed E-state index contributed by atoms with van der Waals surface area (Å²) in [7, 11) is 1.60. The molecule has 0 fully saturated rings. The highest BCUT2D eigenvalue weighted by Crippen LogP contribution is 2.24. The molecule has 10 heteroatoms. The van der Waals surface area contributed by atoms with Gasteiger partial charge in [-0.1, -0.05) is 41.6 Å². The second-order valence-corrected chi connectivity index (χ2v) is 9.00. The topological polar surface area (TPSA) is 98.1 Å². The molecular weight excluding hydrogens is 474 g/mol. The largest absolute Gasteiger partial charge is 0.497 e. The van der Waals surface area contributed by atoms with Crippen LogP contribution < -0.4 is 15.4 Å². The smallest absolute Gasteiger partial charge is 0.234 e. The number of hydrogen-bond acceptors (Lipinski definition) is 6. The van der Waals surface area contributed by atoms with E-state index in [-0.39, 0.29) is 30.0 Å². The van der Waals surface area contributed by atoms with Crippen LogP contribution in [0.2, 0.25) is 5.02 Å². The zero-order valence-corrected chi connectivity index (χ0v) is 21.2. The lowest BCUT2D eigenvalue weighted by Gasteiger charge is -2.15. The maximum absolute atomic E-state index is 12.5. The van der Waals surface area contributed by atoms with Crippen LogP contribution in [0.5, 0.6) is 5.75 Å². The monoisotopic (exact) mass is 501 g/mol. The molecule has 0 saturated carbocycles. The van der Waals surface area contributed by atoms with Gasteiger partial charge >= 0.3 is 0 Å². The minimum Gasteiger partial charge on any atom is -0.497 e. The van der Waals surface area contributed by atoms with E-state index in [1.807, 2.05) is 55.7 Å². The number of ether oxygens (including phenoxy) is 1. The zero-order valence-electron chi connectivity index (χ0n) is 19.6. The number of nitrogens with zero attached hydrogens (tertiary/aromatic N) is 3. The molecule has 1 aromatic heterocycles. The van der Waals surface area contributed by atoms with E-state index in [4.69, 9.17) is 16.3 Å². The Hall–Kier alpha value is -3.04. The van der Waals surface area contributed by atoms with Gasteiger partial charge in [-0.3, -0.25) is 9.59 Å². The number of anilines is 1. The number of carbonyl (C=O) groups excluding carboxylic acids is 2. The SMILES string of the molecule is CCn1c(SCC(=O)Nc2cccc(Cl)c2C)nnc1C(C)NC(=O)Cc1ccc(OC)cc1. The second kappa shape index (κ2) is 11.9. The van der Waals surface area contributed by atoms with Crippen LogP contribution in [0.1, 0.15) is 36.8 Å². The number of benzene rings is 2. The molecule has 2 amide bonds. The fourth-order valence-corrected chi connectivity index (χ4v) is 4.35. The highest BCUT2D eigenvalue weighted by molar-refractivity contribution is 7.99. The Bertz CT molecular complexity index is 1150. The molecule has 8 nitrogen and oxygen atoms in total. The summed E-state index contributed by atoms with van der Waals surface area (Å²) in [5.41, 5.74) is 2.39. The van der Waals surface area contributed by atoms with Crippen LogP contribution in [-0.2, 0) is 22.6 Å². The molecule has 1 heterocycles. The predicted octanol–water partition coefficient (Wildman–Crippen LogP) is 4.42. The lowest BCUT2D eigenvalue weighted by molar-refractivity contribution is -0.121. The summed E-state index contributed by atoms with van der Waals surface area (Å²) in [4.78, 5) is 25.0. The molecule has 34 heavy (non-hydrogen) atoms. The number of amides is 2. The van der Waals surface area contributed by atoms with Gasteiger partial charge in [-0.05, 0) is 56.2 Å². The van der Waals surface area contributed by atoms with E-state index in [1.54, 1.807) is 19.2 Å². The lowest BCUT2D eigenvalue weighted by atomic mass is 10.1. The molecule has 0 aliphatic carbocycles. The second-order valence-electron chi connectivity index (χ2n) is 7.65. The van der Waals surface area contributed by atoms with Crippen molar-refractivity contribution in [1.29, 1.82) is 0 Å². The summed E-state index contributed by atoms with van der Waals surface area (Å²) in [5.74, 6) is 1.27. The summed E-state index contributed by atoms with van der Waals surface area (Å²) in [5, 5.41) is 15.6. The van der Waals surface area contributed by atoms with Crippen molar-refractivity contribution < 1.29 is 14.3 Å². The summed E-state index contributed by atoms with van der Waals surface area (Å²) in [6, 6.07) is 12.4. The highest BCUT2D eigenvalue weighted by atomic mass is 35.5. The molecule has 3 aromatic rings. The van der Waals surface area contributed by atoms with Crippen molar-refractivity contribution >= 4 is 40.9 Å². The zero-order chi connectivity index (χ0) is 24.7. The number of hydrogen-bond donors (Lipinski definition) is 2. The Kier molecular flexibility index (Phi) is 8.95. The summed E-state index contributed by atoms with van der Waals surface area (Å²) >= 11 is 7.41. The van der Waals surface area contributed by atoms with Crippen LogP contribution in [0.3, 0.4) is 0 Å². The number of rotatable bonds is 10. The molecule has 2 N–H and O–H groups in total. The van der Waals surface area contributed by atoms with E-state index in [0.717, 1.165) is 16.9 Å². The predicted molar refractivity (Wildman–Crippen MR) is 134 cm³/mol. The van der Waals surface area contributed by atoms with Crippen molar-refractivity contribution in [3.63, 3.8) is 0 Å². The molecule has 2 aromatic carbocycles. The van der Waals surface area contributed by atoms with Gasteiger partial charge in [0.1, 0.15) is 5.75 Å². The Morgan fingerprint density at radius 3 is 2.56 bits per heavy atom. The number of methoxy groups -OCH3 is 1. The van der Waals surface area contributed by atoms with E-state index in [9.17, 15) is 9.59 Å². The van der Waals surface area contributed by atoms with Crippen LogP contribution >= 0.6 is 23.4 Å². The first-order valence-corrected chi connectivity index (χ1v) is 12.2. The molecule has 0 bridgehead atoms. The number of carbonyl (C=O) groups is 2. The molecule has 1 unspecified atom stereocenters. The quantitative estimate of drug-likeness (QED) is 0.399. The van der Waals surface area contributed by atoms with Gasteiger partial charge in [0, 0.05) is 17.3 Å². The van der Waals surface area contributed by atoms with Gasteiger partial charge in [0.25, 0.3) is 0 Å². The van der Waals surface area contributed by atoms with Gasteiger partial charge in [0.05, 0.1) is 25.3 Å². The number of nitrogens with one attached hydrogen (secondary N) is 2. The minimum atomic E-state index is -0.338. The van der Waals surface area contributed by atoms with Gasteiger partial charge in [-0.15, -0.1) is 10.2 Å². The van der Waals surface area contributed by atoms with Crippen LogP contribution in [0.25, 0.3) is 0 Å². The number of aromatic nitrogens is 3. The first-order valence-electron chi connectivity index (χ1n) is 10.9. The van der Waals surface area contributed by atoms with E-state index in [1.165, 1.54) is 11.8 Å². The number of thioether (sulfide) groups is 1. The van der Waals surface area contributed by atoms with Gasteiger partial charge in [-0.25, -0.2) is 0 Å². The van der Waals surface area contributed by atoms with Crippen LogP contribution in [0, 0.1) is 6.92 Å². The van der Waals surface area contributed by atoms with Crippen LogP contribution in [0.15, 0.2) is 47.6 Å². The van der Waals surface area contributed by atoms with E-state index < -0.39 is 0 Å². The van der Waals surface area contributed by atoms with Crippen molar-refractivity contribution in [2.75, 3.05) is 18.2 Å². The van der Waals surface area contributed by atoms with Gasteiger partial charge in [0.15, 0.2) is 11.0 Å². The maximum atomic E-state index is 12.5. The van der Waals surface area contributed by atoms with Crippen molar-refractivity contribution in [3.05, 3.63) is 64.4 Å². The standard InChI is InChI=1S/C24H28ClN5O3S/c1-5-30-23(16(3)26-21(31)13-17-9-11-18(33-4)12-10-17)28-29-24(30)34-14-22(32)27-20-8-6-7-19(25)15(20)2/h6-12,16H,5,13-14H2,1-4H3,(H,26,31)(H,27,32). The van der Waals surface area contributed by atoms with E-state index >= 15 is 0 Å². The summed E-state index contributed by atoms with van der Waals surface area (Å²) < 4.78 is 7.05. The molecule has 0 aliphatic heterocycles. The maximum Gasteiger partial charge on any atom is 0.234 e. The fraction of sp³-hybridized carbons (Fsp3) is 0.333. The molecule has 0 radical (unpaired) electrons. The molecule has 3 rings (SSSR count). The Balaban J connectivity index is 1.58. The van der Waals surface area contributed by atoms with Crippen LogP contribution in [0.4, 0.5) is 5.69 Å². The minimum absolute atomic E-state index is 0.117. The van der Waals surface area contributed by atoms with Crippen LogP contribution in [-0.4, -0.2) is 39.4 Å². The fourth-order valence-electron chi connectivity index (χ4n) is 3.37. The molecular formula is C24H28ClN5O3S. The third kappa shape index (κ3) is 6.51. The average molecular weight is 502 g/mol. The lowest BCUT2D eigenvalue weighted by Crippen LogP contribution is -2.30. The molecule has 180 valence electrons. The van der Waals surface area contributed by atoms with Crippen molar-refractivity contribution in [1.82, 2.24) is 20.1 Å². The number of halogens is 1. The first kappa shape index (κ1) is 25.6. The highest BCUT2D eigenvalue weighted by Gasteiger charge is 2.20. The van der Waals surface area contributed by atoms with Gasteiger partial charge < -0.3 is 19.9 Å². The summed E-state index contributed by atoms with van der Waals surface area (Å²) in [6.07, 6.45) is 0.249. The Morgan fingerprint density at radius 1 is 1.15 bits per heavy atom. The van der Waals surface area contributed by atoms with E-state index in [0.29, 0.717) is 28.2 Å². The van der Waals surface area contributed by atoms with Crippen molar-refractivity contribution in [3.8, 4) is 5.75 Å². The van der Waals surface area contributed by atoms with Crippen molar-refractivity contribution in [2.24, 2.45) is 0 Å². The molecule has 0 spiro atoms. The van der Waals surface area contributed by atoms with Gasteiger partial charge in [-0.2, -0.15) is 0 Å². The van der Waals surface area contributed by atoms with Gasteiger partial charge in [0.2, 0.25) is 11.8 Å². The third-order valence-electron chi connectivity index (χ3n) is 5.22. The Labute approximate surface area is 208 Å². The average Bonchev–Trinajstić information content (AvgIpc) is 3.24. The molecule has 0 aliphatic rings. The molecule has 0 saturated heterocycles. The Morgan fingerprint density at radius 2 is 1.88 bits per heavy atom. The van der Waals surface area contributed by atoms with Crippen molar-refractivity contribution in [2.45, 2.75) is 44.9 Å². The summed E-state index contributed by atoms with van der Waals surface area (Å²) in [6.45, 7) is 6.30. The first-order chi connectivity index (χ1) is 16.3.